The van der Waals surface area contributed by atoms with Crippen LogP contribution in [-0.2, 0) is 6.42 Å². The van der Waals surface area contributed by atoms with Crippen LogP contribution in [0.5, 0.6) is 0 Å². The van der Waals surface area contributed by atoms with Gasteiger partial charge in [0.1, 0.15) is 5.76 Å². The van der Waals surface area contributed by atoms with E-state index in [2.05, 4.69) is 10.6 Å². The Labute approximate surface area is 192 Å². The van der Waals surface area contributed by atoms with Gasteiger partial charge in [-0.2, -0.15) is 0 Å². The summed E-state index contributed by atoms with van der Waals surface area (Å²) in [5.41, 5.74) is 2.42. The number of urea groups is 1. The van der Waals surface area contributed by atoms with Crippen LogP contribution in [0.4, 0.5) is 10.5 Å². The molecule has 0 radical (unpaired) electrons. The van der Waals surface area contributed by atoms with Gasteiger partial charge in [-0.3, -0.25) is 4.79 Å². The standard InChI is InChI=1S/C25H26ClN3O3/c26-21-8-10-22(11-9-21)28-25(31)29-14-2-6-20(17-29)18-4-1-5-19(16-18)24(30)27-13-12-23-7-3-15-32-23/h1,3-5,7-11,15-16,20H,2,6,12-14,17H2,(H,27,30)(H,28,31). The zero-order chi connectivity index (χ0) is 22.3. The van der Waals surface area contributed by atoms with Gasteiger partial charge in [0.25, 0.3) is 5.91 Å². The second-order valence-corrected chi connectivity index (χ2v) is 8.37. The SMILES string of the molecule is O=C(NCCc1ccco1)c1cccc(C2CCCN(C(=O)Nc3ccc(Cl)cc3)C2)c1. The van der Waals surface area contributed by atoms with Gasteiger partial charge in [0.15, 0.2) is 0 Å². The molecule has 4 rings (SSSR count). The molecule has 0 spiro atoms. The van der Waals surface area contributed by atoms with Crippen molar-refractivity contribution in [2.45, 2.75) is 25.2 Å². The van der Waals surface area contributed by atoms with Crippen LogP contribution >= 0.6 is 11.6 Å². The predicted molar refractivity (Wildman–Crippen MR) is 125 cm³/mol. The number of hydrogen-bond donors (Lipinski definition) is 2. The highest BCUT2D eigenvalue weighted by atomic mass is 35.5. The lowest BCUT2D eigenvalue weighted by atomic mass is 9.89. The van der Waals surface area contributed by atoms with E-state index in [1.165, 1.54) is 0 Å². The molecule has 0 bridgehead atoms. The number of rotatable bonds is 6. The first-order chi connectivity index (χ1) is 15.6. The normalized spacial score (nSPS) is 15.9. The molecule has 6 nitrogen and oxygen atoms in total. The van der Waals surface area contributed by atoms with Crippen LogP contribution < -0.4 is 10.6 Å². The second kappa shape index (κ2) is 10.4. The van der Waals surface area contributed by atoms with E-state index in [-0.39, 0.29) is 17.9 Å². The summed E-state index contributed by atoms with van der Waals surface area (Å²) < 4.78 is 5.30. The Morgan fingerprint density at radius 3 is 2.72 bits per heavy atom. The van der Waals surface area contributed by atoms with Crippen molar-refractivity contribution in [2.24, 2.45) is 0 Å². The summed E-state index contributed by atoms with van der Waals surface area (Å²) in [4.78, 5) is 27.1. The molecule has 0 aliphatic carbocycles. The highest BCUT2D eigenvalue weighted by molar-refractivity contribution is 6.30. The van der Waals surface area contributed by atoms with Gasteiger partial charge in [0.05, 0.1) is 6.26 Å². The highest BCUT2D eigenvalue weighted by Crippen LogP contribution is 2.28. The molecule has 2 aromatic carbocycles. The van der Waals surface area contributed by atoms with Crippen LogP contribution in [0, 0.1) is 0 Å². The van der Waals surface area contributed by atoms with Crippen LogP contribution in [-0.4, -0.2) is 36.5 Å². The molecule has 1 saturated heterocycles. The van der Waals surface area contributed by atoms with Crippen molar-refractivity contribution in [2.75, 3.05) is 25.0 Å². The number of amides is 3. The van der Waals surface area contributed by atoms with E-state index in [4.69, 9.17) is 16.0 Å². The van der Waals surface area contributed by atoms with Crippen molar-refractivity contribution in [3.8, 4) is 0 Å². The Bertz CT molecular complexity index is 1050. The zero-order valence-corrected chi connectivity index (χ0v) is 18.5. The van der Waals surface area contributed by atoms with Gasteiger partial charge < -0.3 is 20.0 Å². The maximum atomic E-state index is 12.7. The van der Waals surface area contributed by atoms with Gasteiger partial charge in [0.2, 0.25) is 0 Å². The fourth-order valence-corrected chi connectivity index (χ4v) is 4.09. The van der Waals surface area contributed by atoms with E-state index in [0.717, 1.165) is 29.9 Å². The number of nitrogens with zero attached hydrogens (tertiary/aromatic N) is 1. The summed E-state index contributed by atoms with van der Waals surface area (Å²) in [6.45, 7) is 1.84. The van der Waals surface area contributed by atoms with E-state index in [1.807, 2.05) is 41.3 Å². The molecule has 1 fully saturated rings. The average Bonchev–Trinajstić information content (AvgIpc) is 3.34. The lowest BCUT2D eigenvalue weighted by Gasteiger charge is -2.33. The molecule has 166 valence electrons. The number of piperidine rings is 1. The molecule has 1 aliphatic heterocycles. The number of benzene rings is 2. The van der Waals surface area contributed by atoms with Crippen molar-refractivity contribution in [3.63, 3.8) is 0 Å². The topological polar surface area (TPSA) is 74.6 Å². The molecule has 1 aliphatic rings. The molecule has 2 N–H and O–H groups in total. The van der Waals surface area contributed by atoms with Crippen LogP contribution in [0.25, 0.3) is 0 Å². The summed E-state index contributed by atoms with van der Waals surface area (Å²) in [5, 5.41) is 6.50. The predicted octanol–water partition coefficient (Wildman–Crippen LogP) is 5.32. The third-order valence-corrected chi connectivity index (χ3v) is 5.91. The third kappa shape index (κ3) is 5.71. The van der Waals surface area contributed by atoms with Crippen molar-refractivity contribution >= 4 is 29.2 Å². The fraction of sp³-hybridized carbons (Fsp3) is 0.280. The van der Waals surface area contributed by atoms with Gasteiger partial charge in [-0.1, -0.05) is 23.7 Å². The number of carbonyl (C=O) groups excluding carboxylic acids is 2. The molecule has 1 atom stereocenters. The Kier molecular flexibility index (Phi) is 7.12. The second-order valence-electron chi connectivity index (χ2n) is 7.93. The fourth-order valence-electron chi connectivity index (χ4n) is 3.96. The summed E-state index contributed by atoms with van der Waals surface area (Å²) in [6.07, 6.45) is 4.18. The van der Waals surface area contributed by atoms with Crippen molar-refractivity contribution in [3.05, 3.63) is 88.8 Å². The maximum absolute atomic E-state index is 12.7. The minimum absolute atomic E-state index is 0.105. The summed E-state index contributed by atoms with van der Waals surface area (Å²) >= 11 is 5.91. The number of anilines is 1. The molecule has 32 heavy (non-hydrogen) atoms. The van der Waals surface area contributed by atoms with Gasteiger partial charge in [-0.05, 0) is 66.9 Å². The first-order valence-electron chi connectivity index (χ1n) is 10.8. The largest absolute Gasteiger partial charge is 0.469 e. The van der Waals surface area contributed by atoms with E-state index in [1.54, 1.807) is 30.5 Å². The number of nitrogens with one attached hydrogen (secondary N) is 2. The average molecular weight is 452 g/mol. The Morgan fingerprint density at radius 1 is 1.09 bits per heavy atom. The molecule has 1 unspecified atom stereocenters. The molecule has 0 saturated carbocycles. The van der Waals surface area contributed by atoms with Crippen molar-refractivity contribution in [1.29, 1.82) is 0 Å². The lowest BCUT2D eigenvalue weighted by Crippen LogP contribution is -2.41. The van der Waals surface area contributed by atoms with Crippen LogP contribution in [0.3, 0.4) is 0 Å². The van der Waals surface area contributed by atoms with E-state index in [9.17, 15) is 9.59 Å². The van der Waals surface area contributed by atoms with Crippen LogP contribution in [0.1, 0.15) is 40.4 Å². The van der Waals surface area contributed by atoms with E-state index >= 15 is 0 Å². The molecular weight excluding hydrogens is 426 g/mol. The summed E-state index contributed by atoms with van der Waals surface area (Å²) in [6, 6.07) is 18.4. The first-order valence-corrected chi connectivity index (χ1v) is 11.2. The maximum Gasteiger partial charge on any atom is 0.321 e. The van der Waals surface area contributed by atoms with E-state index in [0.29, 0.717) is 36.6 Å². The molecule has 7 heteroatoms. The van der Waals surface area contributed by atoms with Gasteiger partial charge >= 0.3 is 6.03 Å². The van der Waals surface area contributed by atoms with Crippen LogP contribution in [0.15, 0.2) is 71.3 Å². The van der Waals surface area contributed by atoms with Gasteiger partial charge in [-0.25, -0.2) is 4.79 Å². The Hall–Kier alpha value is -3.25. The summed E-state index contributed by atoms with van der Waals surface area (Å²) in [5.74, 6) is 0.931. The number of furan rings is 1. The van der Waals surface area contributed by atoms with Gasteiger partial charge in [0, 0.05) is 48.2 Å². The Morgan fingerprint density at radius 2 is 1.94 bits per heavy atom. The molecular formula is C25H26ClN3O3. The monoisotopic (exact) mass is 451 g/mol. The summed E-state index contributed by atoms with van der Waals surface area (Å²) in [7, 11) is 0. The van der Waals surface area contributed by atoms with Crippen molar-refractivity contribution in [1.82, 2.24) is 10.2 Å². The van der Waals surface area contributed by atoms with E-state index < -0.39 is 0 Å². The quantitative estimate of drug-likeness (QED) is 0.532. The minimum Gasteiger partial charge on any atom is -0.469 e. The number of halogens is 1. The number of carbonyl (C=O) groups is 2. The number of likely N-dealkylation sites (tertiary alicyclic amines) is 1. The zero-order valence-electron chi connectivity index (χ0n) is 17.7. The smallest absolute Gasteiger partial charge is 0.321 e. The lowest BCUT2D eigenvalue weighted by molar-refractivity contribution is 0.0953. The Balaban J connectivity index is 1.35. The first kappa shape index (κ1) is 22.0. The molecule has 1 aromatic heterocycles. The molecule has 3 aromatic rings. The van der Waals surface area contributed by atoms with Crippen molar-refractivity contribution < 1.29 is 14.0 Å². The van der Waals surface area contributed by atoms with Crippen LogP contribution in [0.2, 0.25) is 5.02 Å². The number of hydrogen-bond acceptors (Lipinski definition) is 3. The highest BCUT2D eigenvalue weighted by Gasteiger charge is 2.25. The third-order valence-electron chi connectivity index (χ3n) is 5.66. The minimum atomic E-state index is -0.121. The molecule has 3 amide bonds. The van der Waals surface area contributed by atoms with Gasteiger partial charge in [-0.15, -0.1) is 0 Å². The molecule has 2 heterocycles.